The van der Waals surface area contributed by atoms with Gasteiger partial charge in [-0.25, -0.2) is 0 Å². The minimum Gasteiger partial charge on any atom is -0.390 e. The molecular formula is C12H18O3. The molecule has 2 rings (SSSR count). The molecule has 0 aromatic carbocycles. The van der Waals surface area contributed by atoms with Crippen molar-refractivity contribution >= 4 is 5.78 Å². The predicted molar refractivity (Wildman–Crippen MR) is 56.3 cm³/mol. The first-order chi connectivity index (χ1) is 6.86. The Morgan fingerprint density at radius 3 is 2.73 bits per heavy atom. The molecule has 0 aromatic heterocycles. The molecule has 0 spiro atoms. The third-order valence-corrected chi connectivity index (χ3v) is 4.04. The van der Waals surface area contributed by atoms with Gasteiger partial charge in [-0.1, -0.05) is 6.92 Å². The second kappa shape index (κ2) is 3.16. The van der Waals surface area contributed by atoms with Crippen LogP contribution in [0.15, 0.2) is 11.6 Å². The molecule has 1 saturated carbocycles. The topological polar surface area (TPSA) is 57.5 Å². The average Bonchev–Trinajstić information content (AvgIpc) is 2.16. The lowest BCUT2D eigenvalue weighted by atomic mass is 9.60. The molecule has 84 valence electrons. The Labute approximate surface area is 89.8 Å². The van der Waals surface area contributed by atoms with Crippen LogP contribution >= 0.6 is 0 Å². The molecule has 0 bridgehead atoms. The van der Waals surface area contributed by atoms with Gasteiger partial charge >= 0.3 is 0 Å². The number of aliphatic hydroxyl groups is 2. The maximum atomic E-state index is 11.4. The number of hydrogen-bond acceptors (Lipinski definition) is 3. The number of fused-ring (bicyclic) bond motifs is 1. The van der Waals surface area contributed by atoms with Crippen LogP contribution in [-0.2, 0) is 4.79 Å². The van der Waals surface area contributed by atoms with Gasteiger partial charge in [0.15, 0.2) is 5.78 Å². The number of allylic oxidation sites excluding steroid dienone is 1. The summed E-state index contributed by atoms with van der Waals surface area (Å²) in [5.41, 5.74) is -0.607. The summed E-state index contributed by atoms with van der Waals surface area (Å²) in [7, 11) is 0. The summed E-state index contributed by atoms with van der Waals surface area (Å²) in [4.78, 5) is 11.4. The molecule has 3 atom stereocenters. The van der Waals surface area contributed by atoms with E-state index in [0.29, 0.717) is 12.8 Å². The molecule has 15 heavy (non-hydrogen) atoms. The highest BCUT2D eigenvalue weighted by Gasteiger charge is 2.49. The zero-order chi connectivity index (χ0) is 11.3. The Kier molecular flexibility index (Phi) is 2.28. The van der Waals surface area contributed by atoms with E-state index in [-0.39, 0.29) is 11.2 Å². The monoisotopic (exact) mass is 210 g/mol. The number of carbonyl (C=O) groups excluding carboxylic acids is 1. The first-order valence-electron chi connectivity index (χ1n) is 5.52. The Bertz CT molecular complexity index is 330. The van der Waals surface area contributed by atoms with Gasteiger partial charge in [0, 0.05) is 6.42 Å². The normalized spacial score (nSPS) is 46.0. The number of aliphatic hydroxyl groups excluding tert-OH is 1. The van der Waals surface area contributed by atoms with Gasteiger partial charge in [-0.2, -0.15) is 0 Å². The van der Waals surface area contributed by atoms with Gasteiger partial charge in [-0.3, -0.25) is 4.79 Å². The molecule has 0 heterocycles. The Morgan fingerprint density at radius 1 is 1.40 bits per heavy atom. The summed E-state index contributed by atoms with van der Waals surface area (Å²) in [6.07, 6.45) is 3.61. The van der Waals surface area contributed by atoms with Gasteiger partial charge < -0.3 is 10.2 Å². The van der Waals surface area contributed by atoms with Crippen LogP contribution in [0.3, 0.4) is 0 Å². The predicted octanol–water partition coefficient (Wildman–Crippen LogP) is 1.19. The second-order valence-electron chi connectivity index (χ2n) is 5.29. The summed E-state index contributed by atoms with van der Waals surface area (Å²) >= 11 is 0. The molecule has 2 aliphatic carbocycles. The van der Waals surface area contributed by atoms with Crippen molar-refractivity contribution in [1.29, 1.82) is 0 Å². The molecule has 2 N–H and O–H groups in total. The molecule has 3 nitrogen and oxygen atoms in total. The lowest BCUT2D eigenvalue weighted by Gasteiger charge is -2.49. The Morgan fingerprint density at radius 2 is 2.07 bits per heavy atom. The zero-order valence-corrected chi connectivity index (χ0v) is 9.29. The van der Waals surface area contributed by atoms with E-state index in [1.54, 1.807) is 13.0 Å². The van der Waals surface area contributed by atoms with E-state index in [1.807, 2.05) is 0 Å². The van der Waals surface area contributed by atoms with E-state index < -0.39 is 11.7 Å². The van der Waals surface area contributed by atoms with Gasteiger partial charge in [0.2, 0.25) is 0 Å². The highest BCUT2D eigenvalue weighted by atomic mass is 16.3. The van der Waals surface area contributed by atoms with Gasteiger partial charge in [-0.05, 0) is 43.3 Å². The maximum absolute atomic E-state index is 11.4. The largest absolute Gasteiger partial charge is 0.390 e. The van der Waals surface area contributed by atoms with E-state index in [4.69, 9.17) is 0 Å². The second-order valence-corrected chi connectivity index (χ2v) is 5.29. The zero-order valence-electron chi connectivity index (χ0n) is 9.29. The van der Waals surface area contributed by atoms with E-state index in [2.05, 4.69) is 6.92 Å². The fourth-order valence-electron chi connectivity index (χ4n) is 2.87. The highest BCUT2D eigenvalue weighted by Crippen LogP contribution is 2.50. The SMILES string of the molecule is C[C@@]12CCC(=O)C=C1[C@@](C)(O)C(O)CC2. The van der Waals surface area contributed by atoms with Crippen molar-refractivity contribution < 1.29 is 15.0 Å². The first-order valence-corrected chi connectivity index (χ1v) is 5.52. The third kappa shape index (κ3) is 1.54. The molecular weight excluding hydrogens is 192 g/mol. The summed E-state index contributed by atoms with van der Waals surface area (Å²) in [5.74, 6) is 0.0665. The fourth-order valence-corrected chi connectivity index (χ4v) is 2.87. The van der Waals surface area contributed by atoms with Crippen molar-refractivity contribution in [3.8, 4) is 0 Å². The molecule has 1 unspecified atom stereocenters. The minimum absolute atomic E-state index is 0.0665. The van der Waals surface area contributed by atoms with Crippen molar-refractivity contribution in [2.24, 2.45) is 5.41 Å². The molecule has 0 amide bonds. The quantitative estimate of drug-likeness (QED) is 0.631. The third-order valence-electron chi connectivity index (χ3n) is 4.04. The lowest BCUT2D eigenvalue weighted by Crippen LogP contribution is -2.52. The summed E-state index contributed by atoms with van der Waals surface area (Å²) in [5, 5.41) is 20.0. The number of rotatable bonds is 0. The van der Waals surface area contributed by atoms with Crippen LogP contribution in [0.4, 0.5) is 0 Å². The summed E-state index contributed by atoms with van der Waals surface area (Å²) in [6, 6.07) is 0. The van der Waals surface area contributed by atoms with Gasteiger partial charge in [0.05, 0.1) is 6.10 Å². The molecule has 3 heteroatoms. The van der Waals surface area contributed by atoms with Crippen LogP contribution in [0.2, 0.25) is 0 Å². The Hall–Kier alpha value is -0.670. The standard InChI is InChI=1S/C12H18O3/c1-11-5-3-8(13)7-9(11)12(2,15)10(14)4-6-11/h7,10,14-15H,3-6H2,1-2H3/t10?,11-,12+/m0/s1. The van der Waals surface area contributed by atoms with Gasteiger partial charge in [-0.15, -0.1) is 0 Å². The van der Waals surface area contributed by atoms with Crippen LogP contribution < -0.4 is 0 Å². The minimum atomic E-state index is -1.23. The summed E-state index contributed by atoms with van der Waals surface area (Å²) < 4.78 is 0. The van der Waals surface area contributed by atoms with Crippen molar-refractivity contribution in [1.82, 2.24) is 0 Å². The van der Waals surface area contributed by atoms with Crippen LogP contribution in [0.5, 0.6) is 0 Å². The molecule has 0 saturated heterocycles. The van der Waals surface area contributed by atoms with E-state index >= 15 is 0 Å². The van der Waals surface area contributed by atoms with E-state index in [0.717, 1.165) is 18.4 Å². The Balaban J connectivity index is 2.46. The van der Waals surface area contributed by atoms with E-state index in [9.17, 15) is 15.0 Å². The molecule has 1 fully saturated rings. The van der Waals surface area contributed by atoms with Crippen LogP contribution in [0, 0.1) is 5.41 Å². The molecule has 0 aromatic rings. The average molecular weight is 210 g/mol. The van der Waals surface area contributed by atoms with Crippen LogP contribution in [-0.4, -0.2) is 27.7 Å². The molecule has 0 radical (unpaired) electrons. The molecule has 0 aliphatic heterocycles. The van der Waals surface area contributed by atoms with Crippen LogP contribution in [0.25, 0.3) is 0 Å². The first kappa shape index (κ1) is 10.8. The van der Waals surface area contributed by atoms with Crippen molar-refractivity contribution in [2.75, 3.05) is 0 Å². The lowest BCUT2D eigenvalue weighted by molar-refractivity contribution is -0.118. The fraction of sp³-hybridized carbons (Fsp3) is 0.750. The van der Waals surface area contributed by atoms with Crippen molar-refractivity contribution in [2.45, 2.75) is 51.2 Å². The number of hydrogen-bond donors (Lipinski definition) is 2. The number of carbonyl (C=O) groups is 1. The van der Waals surface area contributed by atoms with E-state index in [1.165, 1.54) is 0 Å². The summed E-state index contributed by atoms with van der Waals surface area (Å²) in [6.45, 7) is 3.69. The van der Waals surface area contributed by atoms with Gasteiger partial charge in [0.25, 0.3) is 0 Å². The van der Waals surface area contributed by atoms with Crippen molar-refractivity contribution in [3.63, 3.8) is 0 Å². The highest BCUT2D eigenvalue weighted by molar-refractivity contribution is 5.92. The van der Waals surface area contributed by atoms with Crippen LogP contribution in [0.1, 0.15) is 39.5 Å². The van der Waals surface area contributed by atoms with Gasteiger partial charge in [0.1, 0.15) is 5.60 Å². The van der Waals surface area contributed by atoms with Crippen molar-refractivity contribution in [3.05, 3.63) is 11.6 Å². The maximum Gasteiger partial charge on any atom is 0.155 e. The molecule has 2 aliphatic rings. The smallest absolute Gasteiger partial charge is 0.155 e. The number of ketones is 1.